The molecular formula is C21H25Cl2NO3. The van der Waals surface area contributed by atoms with Gasteiger partial charge in [0.05, 0.1) is 29.4 Å². The molecule has 0 aliphatic rings. The molecule has 1 amide bonds. The lowest BCUT2D eigenvalue weighted by molar-refractivity contribution is 0.102. The normalized spacial score (nSPS) is 10.5. The summed E-state index contributed by atoms with van der Waals surface area (Å²) < 4.78 is 11.0. The molecule has 0 bridgehead atoms. The molecule has 146 valence electrons. The van der Waals surface area contributed by atoms with Crippen molar-refractivity contribution in [1.82, 2.24) is 0 Å². The number of carbonyl (C=O) groups is 1. The Bertz CT molecular complexity index is 742. The summed E-state index contributed by atoms with van der Waals surface area (Å²) >= 11 is 12.6. The van der Waals surface area contributed by atoms with Crippen LogP contribution in [0.3, 0.4) is 0 Å². The second kappa shape index (κ2) is 11.1. The molecule has 0 saturated heterocycles. The Morgan fingerprint density at radius 3 is 2.37 bits per heavy atom. The summed E-state index contributed by atoms with van der Waals surface area (Å²) in [4.78, 5) is 12.5. The van der Waals surface area contributed by atoms with E-state index in [1.807, 2.05) is 12.1 Å². The molecule has 2 aromatic rings. The first kappa shape index (κ1) is 21.4. The zero-order valence-electron chi connectivity index (χ0n) is 15.7. The van der Waals surface area contributed by atoms with Crippen LogP contribution in [0.1, 0.15) is 49.4 Å². The molecule has 1 N–H and O–H groups in total. The highest BCUT2D eigenvalue weighted by Crippen LogP contribution is 2.35. The average Bonchev–Trinajstić information content (AvgIpc) is 2.66. The van der Waals surface area contributed by atoms with Crippen molar-refractivity contribution in [2.45, 2.75) is 39.0 Å². The van der Waals surface area contributed by atoms with Gasteiger partial charge in [-0.15, -0.1) is 0 Å². The minimum Gasteiger partial charge on any atom is -0.495 e. The number of hydrogen-bond donors (Lipinski definition) is 1. The van der Waals surface area contributed by atoms with Gasteiger partial charge in [-0.05, 0) is 30.7 Å². The third-order valence-corrected chi connectivity index (χ3v) is 4.67. The summed E-state index contributed by atoms with van der Waals surface area (Å²) in [6.07, 6.45) is 5.70. The van der Waals surface area contributed by atoms with Crippen LogP contribution in [-0.2, 0) is 0 Å². The van der Waals surface area contributed by atoms with Crippen LogP contribution in [0.15, 0.2) is 36.4 Å². The van der Waals surface area contributed by atoms with Crippen LogP contribution in [0, 0.1) is 0 Å². The van der Waals surface area contributed by atoms with Crippen molar-refractivity contribution >= 4 is 34.8 Å². The largest absolute Gasteiger partial charge is 0.495 e. The number of unbranched alkanes of at least 4 members (excludes halogenated alkanes) is 4. The third kappa shape index (κ3) is 6.33. The predicted octanol–water partition coefficient (Wildman–Crippen LogP) is 6.60. The van der Waals surface area contributed by atoms with Gasteiger partial charge >= 0.3 is 0 Å². The van der Waals surface area contributed by atoms with Gasteiger partial charge in [0.15, 0.2) is 5.75 Å². The Labute approximate surface area is 170 Å². The number of nitrogens with one attached hydrogen (secondary N) is 1. The van der Waals surface area contributed by atoms with E-state index in [4.69, 9.17) is 32.7 Å². The van der Waals surface area contributed by atoms with Gasteiger partial charge in [0.25, 0.3) is 5.91 Å². The summed E-state index contributed by atoms with van der Waals surface area (Å²) in [5, 5.41) is 3.44. The molecular weight excluding hydrogens is 385 g/mol. The maximum atomic E-state index is 12.5. The van der Waals surface area contributed by atoms with Crippen molar-refractivity contribution in [1.29, 1.82) is 0 Å². The van der Waals surface area contributed by atoms with Gasteiger partial charge in [0.2, 0.25) is 0 Å². The van der Waals surface area contributed by atoms with Crippen LogP contribution in [0.2, 0.25) is 10.0 Å². The summed E-state index contributed by atoms with van der Waals surface area (Å²) in [7, 11) is 1.55. The number of halogens is 2. The van der Waals surface area contributed by atoms with Gasteiger partial charge in [0, 0.05) is 5.56 Å². The second-order valence-corrected chi connectivity index (χ2v) is 7.00. The fourth-order valence-corrected chi connectivity index (χ4v) is 3.25. The quantitative estimate of drug-likeness (QED) is 0.449. The van der Waals surface area contributed by atoms with Gasteiger partial charge in [-0.2, -0.15) is 0 Å². The summed E-state index contributed by atoms with van der Waals surface area (Å²) in [6, 6.07) is 10.3. The first-order valence-corrected chi connectivity index (χ1v) is 9.88. The van der Waals surface area contributed by atoms with E-state index in [2.05, 4.69) is 12.2 Å². The van der Waals surface area contributed by atoms with E-state index >= 15 is 0 Å². The number of hydrogen-bond acceptors (Lipinski definition) is 3. The monoisotopic (exact) mass is 409 g/mol. The second-order valence-electron chi connectivity index (χ2n) is 6.19. The van der Waals surface area contributed by atoms with Crippen molar-refractivity contribution in [3.05, 3.63) is 52.0 Å². The van der Waals surface area contributed by atoms with E-state index in [1.165, 1.54) is 19.3 Å². The van der Waals surface area contributed by atoms with Crippen molar-refractivity contribution < 1.29 is 14.3 Å². The summed E-state index contributed by atoms with van der Waals surface area (Å²) in [5.41, 5.74) is 0.927. The number of methoxy groups -OCH3 is 1. The van der Waals surface area contributed by atoms with Crippen molar-refractivity contribution in [2.24, 2.45) is 0 Å². The van der Waals surface area contributed by atoms with Gasteiger partial charge in [-0.25, -0.2) is 0 Å². The third-order valence-electron chi connectivity index (χ3n) is 4.11. The lowest BCUT2D eigenvalue weighted by Gasteiger charge is -2.13. The van der Waals surface area contributed by atoms with E-state index in [-0.39, 0.29) is 5.91 Å². The van der Waals surface area contributed by atoms with Crippen LogP contribution in [0.5, 0.6) is 11.5 Å². The van der Waals surface area contributed by atoms with Crippen LogP contribution < -0.4 is 14.8 Å². The number of rotatable bonds is 10. The van der Waals surface area contributed by atoms with Crippen molar-refractivity contribution in [2.75, 3.05) is 19.0 Å². The van der Waals surface area contributed by atoms with Crippen LogP contribution in [0.4, 0.5) is 5.69 Å². The summed E-state index contributed by atoms with van der Waals surface area (Å²) in [6.45, 7) is 2.73. The molecule has 0 atom stereocenters. The van der Waals surface area contributed by atoms with Crippen molar-refractivity contribution in [3.63, 3.8) is 0 Å². The maximum Gasteiger partial charge on any atom is 0.255 e. The minimum absolute atomic E-state index is 0.321. The van der Waals surface area contributed by atoms with Gasteiger partial charge in [-0.3, -0.25) is 4.79 Å². The van der Waals surface area contributed by atoms with E-state index in [0.29, 0.717) is 39.4 Å². The minimum atomic E-state index is -0.325. The van der Waals surface area contributed by atoms with Gasteiger partial charge in [0.1, 0.15) is 5.75 Å². The Hall–Kier alpha value is -1.91. The van der Waals surface area contributed by atoms with Gasteiger partial charge < -0.3 is 14.8 Å². The Balaban J connectivity index is 2.01. The number of amides is 1. The zero-order chi connectivity index (χ0) is 19.6. The molecule has 0 radical (unpaired) electrons. The summed E-state index contributed by atoms with van der Waals surface area (Å²) in [5.74, 6) is 0.670. The molecule has 0 spiro atoms. The molecule has 0 unspecified atom stereocenters. The molecule has 2 aromatic carbocycles. The number of carbonyl (C=O) groups excluding carboxylic acids is 1. The predicted molar refractivity (Wildman–Crippen MR) is 112 cm³/mol. The molecule has 0 heterocycles. The number of para-hydroxylation sites is 2. The topological polar surface area (TPSA) is 47.6 Å². The molecule has 6 heteroatoms. The van der Waals surface area contributed by atoms with Crippen molar-refractivity contribution in [3.8, 4) is 11.5 Å². The average molecular weight is 410 g/mol. The standard InChI is InChI=1S/C21H25Cl2NO3/c1-3-4-5-6-9-12-27-20-16(22)13-15(14-17(20)23)21(25)24-18-10-7-8-11-19(18)26-2/h7-8,10-11,13-14H,3-6,9,12H2,1-2H3,(H,24,25). The molecule has 0 fully saturated rings. The zero-order valence-corrected chi connectivity index (χ0v) is 17.2. The van der Waals surface area contributed by atoms with E-state index in [0.717, 1.165) is 12.8 Å². The van der Waals surface area contributed by atoms with Crippen LogP contribution >= 0.6 is 23.2 Å². The number of anilines is 1. The fourth-order valence-electron chi connectivity index (χ4n) is 2.65. The number of ether oxygens (including phenoxy) is 2. The lowest BCUT2D eigenvalue weighted by atomic mass is 10.1. The first-order chi connectivity index (χ1) is 13.1. The molecule has 0 aliphatic carbocycles. The molecule has 4 nitrogen and oxygen atoms in total. The Morgan fingerprint density at radius 2 is 1.70 bits per heavy atom. The first-order valence-electron chi connectivity index (χ1n) is 9.13. The number of benzene rings is 2. The Morgan fingerprint density at radius 1 is 1.04 bits per heavy atom. The highest BCUT2D eigenvalue weighted by molar-refractivity contribution is 6.37. The molecule has 2 rings (SSSR count). The molecule has 0 saturated carbocycles. The SMILES string of the molecule is CCCCCCCOc1c(Cl)cc(C(=O)Nc2ccccc2OC)cc1Cl. The smallest absolute Gasteiger partial charge is 0.255 e. The van der Waals surface area contributed by atoms with Crippen LogP contribution in [0.25, 0.3) is 0 Å². The molecule has 0 aromatic heterocycles. The highest BCUT2D eigenvalue weighted by Gasteiger charge is 2.15. The highest BCUT2D eigenvalue weighted by atomic mass is 35.5. The van der Waals surface area contributed by atoms with E-state index in [1.54, 1.807) is 31.4 Å². The van der Waals surface area contributed by atoms with Crippen LogP contribution in [-0.4, -0.2) is 19.6 Å². The van der Waals surface area contributed by atoms with Gasteiger partial charge in [-0.1, -0.05) is 67.9 Å². The Kier molecular flexibility index (Phi) is 8.76. The van der Waals surface area contributed by atoms with E-state index < -0.39 is 0 Å². The maximum absolute atomic E-state index is 12.5. The molecule has 27 heavy (non-hydrogen) atoms. The molecule has 0 aliphatic heterocycles. The lowest BCUT2D eigenvalue weighted by Crippen LogP contribution is -2.13. The fraction of sp³-hybridized carbons (Fsp3) is 0.381. The van der Waals surface area contributed by atoms with E-state index in [9.17, 15) is 4.79 Å².